The molecule has 4 N–H and O–H groups in total. The first kappa shape index (κ1) is 16.1. The fraction of sp³-hybridized carbons (Fsp3) is 0. The fourth-order valence-corrected chi connectivity index (χ4v) is 2.46. The van der Waals surface area contributed by atoms with Crippen molar-refractivity contribution >= 4 is 28.3 Å². The van der Waals surface area contributed by atoms with Crippen LogP contribution in [0, 0.1) is 12.4 Å². The van der Waals surface area contributed by atoms with Crippen LogP contribution in [0.25, 0.3) is 26.9 Å². The van der Waals surface area contributed by atoms with Crippen molar-refractivity contribution in [3.05, 3.63) is 71.5 Å². The van der Waals surface area contributed by atoms with Crippen LogP contribution in [0.4, 0.5) is 10.1 Å². The molecular formula is C18H12FN5O. The van der Waals surface area contributed by atoms with E-state index in [1.165, 1.54) is 12.1 Å². The molecule has 0 unspecified atom stereocenters. The van der Waals surface area contributed by atoms with Crippen LogP contribution in [-0.2, 0) is 0 Å². The number of fused-ring (bicyclic) bond motifs is 1. The Bertz CT molecular complexity index is 1060. The molecule has 0 radical (unpaired) electrons. The number of carbonyl (C=O) groups excluding carboxylic acids is 1. The van der Waals surface area contributed by atoms with Gasteiger partial charge in [0, 0.05) is 22.7 Å². The summed E-state index contributed by atoms with van der Waals surface area (Å²) in [6.45, 7) is 6.95. The molecule has 1 aromatic heterocycles. The summed E-state index contributed by atoms with van der Waals surface area (Å²) in [6.07, 6.45) is 1.55. The Morgan fingerprint density at radius 3 is 2.64 bits per heavy atom. The molecule has 0 aliphatic heterocycles. The monoisotopic (exact) mass is 333 g/mol. The number of guanidine groups is 1. The summed E-state index contributed by atoms with van der Waals surface area (Å²) in [7, 11) is 0. The third kappa shape index (κ3) is 3.14. The number of halogens is 1. The predicted octanol–water partition coefficient (Wildman–Crippen LogP) is 3.01. The van der Waals surface area contributed by atoms with Crippen LogP contribution in [0.1, 0.15) is 10.4 Å². The Morgan fingerprint density at radius 1 is 1.16 bits per heavy atom. The molecule has 25 heavy (non-hydrogen) atoms. The van der Waals surface area contributed by atoms with Gasteiger partial charge in [0.1, 0.15) is 5.82 Å². The molecule has 0 fully saturated rings. The number of nitrogens with two attached hydrogens (primary N) is 2. The summed E-state index contributed by atoms with van der Waals surface area (Å²) < 4.78 is 14.4. The maximum absolute atomic E-state index is 14.4. The topological polar surface area (TPSA) is 98.7 Å². The number of hydrogen-bond donors (Lipinski definition) is 2. The van der Waals surface area contributed by atoms with Crippen molar-refractivity contribution in [2.75, 3.05) is 0 Å². The van der Waals surface area contributed by atoms with Gasteiger partial charge in [0.2, 0.25) is 0 Å². The summed E-state index contributed by atoms with van der Waals surface area (Å²) in [5.41, 5.74) is 11.5. The standard InChI is InChI=1S/C18H12FN5O/c1-22-12-4-5-13(15(19)9-12)16-14-8-11(17(25)24-18(20)21)3-2-10(14)6-7-23-16/h2-9H,(H4,20,21,24,25). The molecule has 3 rings (SSSR count). The average molecular weight is 333 g/mol. The lowest BCUT2D eigenvalue weighted by molar-refractivity contribution is 0.100. The molecule has 0 atom stereocenters. The number of benzene rings is 2. The van der Waals surface area contributed by atoms with Crippen molar-refractivity contribution in [2.45, 2.75) is 0 Å². The van der Waals surface area contributed by atoms with Gasteiger partial charge in [-0.05, 0) is 29.7 Å². The third-order valence-corrected chi connectivity index (χ3v) is 3.58. The second-order valence-corrected chi connectivity index (χ2v) is 5.21. The van der Waals surface area contributed by atoms with E-state index >= 15 is 0 Å². The van der Waals surface area contributed by atoms with E-state index in [2.05, 4.69) is 14.8 Å². The summed E-state index contributed by atoms with van der Waals surface area (Å²) in [5, 5.41) is 1.36. The van der Waals surface area contributed by atoms with Crippen LogP contribution in [-0.4, -0.2) is 16.9 Å². The van der Waals surface area contributed by atoms with Gasteiger partial charge in [0.05, 0.1) is 12.3 Å². The quantitative estimate of drug-likeness (QED) is 0.428. The molecule has 0 spiro atoms. The molecule has 0 aliphatic carbocycles. The van der Waals surface area contributed by atoms with E-state index in [-0.39, 0.29) is 22.8 Å². The van der Waals surface area contributed by atoms with Gasteiger partial charge in [-0.2, -0.15) is 4.99 Å². The van der Waals surface area contributed by atoms with Crippen LogP contribution in [0.15, 0.2) is 53.7 Å². The Labute approximate surface area is 142 Å². The SMILES string of the molecule is [C-]#[N+]c1ccc(-c2nccc3ccc(C(=O)N=C(N)N)cc23)c(F)c1. The highest BCUT2D eigenvalue weighted by atomic mass is 19.1. The molecule has 6 nitrogen and oxygen atoms in total. The van der Waals surface area contributed by atoms with E-state index in [1.807, 2.05) is 0 Å². The molecule has 0 bridgehead atoms. The van der Waals surface area contributed by atoms with Gasteiger partial charge in [-0.3, -0.25) is 9.78 Å². The molecule has 7 heteroatoms. The zero-order chi connectivity index (χ0) is 18.0. The van der Waals surface area contributed by atoms with Crippen LogP contribution in [0.2, 0.25) is 0 Å². The van der Waals surface area contributed by atoms with E-state index in [0.717, 1.165) is 11.5 Å². The van der Waals surface area contributed by atoms with Crippen molar-refractivity contribution in [1.82, 2.24) is 4.98 Å². The van der Waals surface area contributed by atoms with Crippen LogP contribution in [0.3, 0.4) is 0 Å². The number of aromatic nitrogens is 1. The van der Waals surface area contributed by atoms with E-state index < -0.39 is 11.7 Å². The maximum Gasteiger partial charge on any atom is 0.280 e. The summed E-state index contributed by atoms with van der Waals surface area (Å²) in [4.78, 5) is 23.0. The van der Waals surface area contributed by atoms with E-state index in [9.17, 15) is 9.18 Å². The number of nitrogens with zero attached hydrogens (tertiary/aromatic N) is 3. The van der Waals surface area contributed by atoms with Crippen LogP contribution >= 0.6 is 0 Å². The fourth-order valence-electron chi connectivity index (χ4n) is 2.46. The molecule has 2 aromatic carbocycles. The molecular weight excluding hydrogens is 321 g/mol. The van der Waals surface area contributed by atoms with Gasteiger partial charge in [-0.1, -0.05) is 18.2 Å². The average Bonchev–Trinajstić information content (AvgIpc) is 2.60. The highest BCUT2D eigenvalue weighted by molar-refractivity contribution is 6.06. The first-order valence-electron chi connectivity index (χ1n) is 7.19. The lowest BCUT2D eigenvalue weighted by Gasteiger charge is -2.08. The number of aliphatic imine (C=N–C) groups is 1. The molecule has 3 aromatic rings. The van der Waals surface area contributed by atoms with Gasteiger partial charge >= 0.3 is 0 Å². The highest BCUT2D eigenvalue weighted by Gasteiger charge is 2.13. The second kappa shape index (κ2) is 6.37. The summed E-state index contributed by atoms with van der Waals surface area (Å²) >= 11 is 0. The molecule has 122 valence electrons. The van der Waals surface area contributed by atoms with E-state index in [1.54, 1.807) is 30.5 Å². The zero-order valence-corrected chi connectivity index (χ0v) is 12.9. The Balaban J connectivity index is 2.21. The van der Waals surface area contributed by atoms with E-state index in [4.69, 9.17) is 18.0 Å². The van der Waals surface area contributed by atoms with Crippen LogP contribution in [0.5, 0.6) is 0 Å². The minimum atomic E-state index is -0.597. The number of carbonyl (C=O) groups is 1. The summed E-state index contributed by atoms with van der Waals surface area (Å²) in [6, 6.07) is 10.8. The Morgan fingerprint density at radius 2 is 1.96 bits per heavy atom. The zero-order valence-electron chi connectivity index (χ0n) is 12.9. The van der Waals surface area contributed by atoms with Crippen molar-refractivity contribution < 1.29 is 9.18 Å². The van der Waals surface area contributed by atoms with Crippen molar-refractivity contribution in [3.63, 3.8) is 0 Å². The Hall–Kier alpha value is -3.79. The largest absolute Gasteiger partial charge is 0.370 e. The van der Waals surface area contributed by atoms with Crippen molar-refractivity contribution in [2.24, 2.45) is 16.5 Å². The Kier molecular flexibility index (Phi) is 4.10. The normalized spacial score (nSPS) is 10.2. The molecule has 0 saturated heterocycles. The highest BCUT2D eigenvalue weighted by Crippen LogP contribution is 2.31. The number of pyridine rings is 1. The molecule has 1 amide bonds. The molecule has 0 aliphatic rings. The van der Waals surface area contributed by atoms with Gasteiger partial charge in [-0.15, -0.1) is 0 Å². The molecule has 0 saturated carbocycles. The smallest absolute Gasteiger partial charge is 0.280 e. The van der Waals surface area contributed by atoms with Crippen molar-refractivity contribution in [1.29, 1.82) is 0 Å². The second-order valence-electron chi connectivity index (χ2n) is 5.21. The number of amides is 1. The van der Waals surface area contributed by atoms with Gasteiger partial charge in [0.15, 0.2) is 11.6 Å². The first-order chi connectivity index (χ1) is 12.0. The molecule has 1 heterocycles. The van der Waals surface area contributed by atoms with Gasteiger partial charge in [-0.25, -0.2) is 9.24 Å². The number of rotatable bonds is 2. The number of hydrogen-bond acceptors (Lipinski definition) is 2. The summed E-state index contributed by atoms with van der Waals surface area (Å²) in [5.74, 6) is -1.49. The first-order valence-corrected chi connectivity index (χ1v) is 7.19. The minimum absolute atomic E-state index is 0.199. The lowest BCUT2D eigenvalue weighted by Crippen LogP contribution is -2.24. The minimum Gasteiger partial charge on any atom is -0.370 e. The predicted molar refractivity (Wildman–Crippen MR) is 93.5 cm³/mol. The van der Waals surface area contributed by atoms with E-state index in [0.29, 0.717) is 11.1 Å². The lowest BCUT2D eigenvalue weighted by atomic mass is 10.0. The third-order valence-electron chi connectivity index (χ3n) is 3.58. The van der Waals surface area contributed by atoms with Crippen LogP contribution < -0.4 is 11.5 Å². The van der Waals surface area contributed by atoms with Crippen molar-refractivity contribution in [3.8, 4) is 11.3 Å². The maximum atomic E-state index is 14.4. The van der Waals surface area contributed by atoms with Gasteiger partial charge in [0.25, 0.3) is 5.91 Å². The van der Waals surface area contributed by atoms with Gasteiger partial charge < -0.3 is 11.5 Å².